The minimum Gasteiger partial charge on any atom is -0.481 e. The second kappa shape index (κ2) is 21.1. The van der Waals surface area contributed by atoms with Gasteiger partial charge in [0, 0.05) is 92.1 Å². The van der Waals surface area contributed by atoms with E-state index < -0.39 is 92.7 Å². The SMILES string of the molecule is COCCC1(C)C(=CC=CC=CC2=[N+](CCCS(=O)(=O)O)c3ccc4c(S(=O)(=O)O)cc(S(=O)(=O)O)cc4c3C2(C)CCOC)N(CCCCCC(=O)O)c2ccc3c(S(=O)(=O)O)cc(S(=O)(=O)O)cc3c21. The van der Waals surface area contributed by atoms with Crippen LogP contribution in [0, 0.1) is 0 Å². The molecule has 21 nitrogen and oxygen atoms in total. The van der Waals surface area contributed by atoms with E-state index in [1.807, 2.05) is 11.8 Å². The van der Waals surface area contributed by atoms with Gasteiger partial charge in [0.25, 0.3) is 50.6 Å². The van der Waals surface area contributed by atoms with Crippen molar-refractivity contribution in [2.24, 2.45) is 0 Å². The summed E-state index contributed by atoms with van der Waals surface area (Å²) in [6, 6.07) is 9.40. The van der Waals surface area contributed by atoms with E-state index in [0.29, 0.717) is 71.9 Å². The summed E-state index contributed by atoms with van der Waals surface area (Å²) in [7, 11) is -21.7. The van der Waals surface area contributed by atoms with Gasteiger partial charge >= 0.3 is 5.97 Å². The molecule has 0 radical (unpaired) electrons. The first-order valence-electron chi connectivity index (χ1n) is 22.1. The molecule has 72 heavy (non-hydrogen) atoms. The fraction of sp³-hybridized carbons (Fsp3) is 0.391. The average Bonchev–Trinajstić information content (AvgIpc) is 3.65. The standard InChI is InChI=1S/C46H54N2O19S5/c1-45(19-23-66-3)40(47(21-10-6-9-14-42(49)50)36-17-15-32-34(43(36)45)26-30(69(54,55)56)28-38(32)71(60,61)62)12-7-5-8-13-41-46(2,20-24-67-4)44-35-27-31(70(57,58)59)29-39(72(63,64)65)33(35)16-18-37(44)48(41)22-11-25-68(51,52)53/h5,7-8,12-13,15-18,26-29H,6,9-11,14,19-25H2,1-4H3,(H5-,49,50,51,52,53,54,55,56,57,58,59,60,61,62,63,64,65)/p+1. The smallest absolute Gasteiger partial charge is 0.303 e. The lowest BCUT2D eigenvalue weighted by Gasteiger charge is -2.30. The van der Waals surface area contributed by atoms with Gasteiger partial charge in [-0.15, -0.1) is 0 Å². The lowest BCUT2D eigenvalue weighted by Crippen LogP contribution is -2.33. The maximum atomic E-state index is 12.7. The minimum absolute atomic E-state index is 0.0245. The van der Waals surface area contributed by atoms with Gasteiger partial charge in [-0.3, -0.25) is 27.6 Å². The number of rotatable bonds is 23. The number of fused-ring (bicyclic) bond motifs is 6. The van der Waals surface area contributed by atoms with Crippen molar-refractivity contribution in [3.05, 3.63) is 95.7 Å². The Hall–Kier alpha value is -4.97. The molecule has 4 aromatic carbocycles. The van der Waals surface area contributed by atoms with Crippen LogP contribution in [0.2, 0.25) is 0 Å². The first kappa shape index (κ1) is 56.3. The molecule has 2 aliphatic heterocycles. The number of unbranched alkanes of at least 4 members (excludes halogenated alkanes) is 2. The third kappa shape index (κ3) is 11.8. The highest BCUT2D eigenvalue weighted by Crippen LogP contribution is 2.54. The molecule has 0 amide bonds. The molecule has 6 rings (SSSR count). The Morgan fingerprint density at radius 1 is 0.639 bits per heavy atom. The van der Waals surface area contributed by atoms with Gasteiger partial charge < -0.3 is 19.5 Å². The largest absolute Gasteiger partial charge is 0.481 e. The number of carbonyl (C=O) groups is 1. The monoisotopic (exact) mass is 1100 g/mol. The maximum Gasteiger partial charge on any atom is 0.303 e. The first-order valence-corrected chi connectivity index (χ1v) is 29.5. The van der Waals surface area contributed by atoms with E-state index in [0.717, 1.165) is 12.1 Å². The fourth-order valence-corrected chi connectivity index (χ4v) is 13.0. The van der Waals surface area contributed by atoms with Crippen LogP contribution in [0.1, 0.15) is 69.9 Å². The number of ether oxygens (including phenoxy) is 2. The molecule has 26 heteroatoms. The van der Waals surface area contributed by atoms with Crippen LogP contribution in [0.4, 0.5) is 11.4 Å². The zero-order valence-electron chi connectivity index (χ0n) is 39.4. The van der Waals surface area contributed by atoms with Crippen LogP contribution < -0.4 is 4.90 Å². The van der Waals surface area contributed by atoms with Gasteiger partial charge in [0.1, 0.15) is 16.3 Å². The Morgan fingerprint density at radius 3 is 1.69 bits per heavy atom. The summed E-state index contributed by atoms with van der Waals surface area (Å²) in [5.41, 5.74) is 0.522. The molecule has 2 atom stereocenters. The average molecular weight is 1100 g/mol. The van der Waals surface area contributed by atoms with Crippen molar-refractivity contribution in [2.75, 3.05) is 51.2 Å². The summed E-state index contributed by atoms with van der Waals surface area (Å²) in [6.45, 7) is 4.09. The molecule has 2 unspecified atom stereocenters. The third-order valence-electron chi connectivity index (χ3n) is 13.0. The highest BCUT2D eigenvalue weighted by atomic mass is 32.2. The number of carboxylic acids is 1. The summed E-state index contributed by atoms with van der Waals surface area (Å²) in [5.74, 6) is -1.61. The molecule has 0 saturated carbocycles. The quantitative estimate of drug-likeness (QED) is 0.0211. The van der Waals surface area contributed by atoms with Crippen molar-refractivity contribution in [1.29, 1.82) is 0 Å². The first-order chi connectivity index (χ1) is 33.4. The summed E-state index contributed by atoms with van der Waals surface area (Å²) in [6.07, 6.45) is 9.99. The third-order valence-corrected chi connectivity index (χ3v) is 17.3. The number of hydrogen-bond donors (Lipinski definition) is 6. The molecule has 392 valence electrons. The lowest BCUT2D eigenvalue weighted by molar-refractivity contribution is -0.437. The van der Waals surface area contributed by atoms with Crippen molar-refractivity contribution in [1.82, 2.24) is 0 Å². The number of anilines is 1. The number of aliphatic carboxylic acids is 1. The molecule has 0 aromatic heterocycles. The van der Waals surface area contributed by atoms with Gasteiger partial charge in [-0.25, -0.2) is 0 Å². The predicted octanol–water partition coefficient (Wildman–Crippen LogP) is 6.11. The summed E-state index contributed by atoms with van der Waals surface area (Å²) < 4.78 is 188. The molecule has 0 aliphatic carbocycles. The number of allylic oxidation sites excluding steroid dienone is 6. The highest BCUT2D eigenvalue weighted by molar-refractivity contribution is 7.87. The molecular formula is C46H55N2O19S5+. The van der Waals surface area contributed by atoms with Crippen molar-refractivity contribution in [3.8, 4) is 0 Å². The van der Waals surface area contributed by atoms with Crippen LogP contribution in [-0.4, -0.2) is 132 Å². The Morgan fingerprint density at radius 2 is 1.18 bits per heavy atom. The lowest BCUT2D eigenvalue weighted by atomic mass is 9.75. The number of carboxylic acid groups (broad SMARTS) is 1. The molecule has 0 spiro atoms. The van der Waals surface area contributed by atoms with E-state index in [4.69, 9.17) is 9.47 Å². The van der Waals surface area contributed by atoms with Crippen LogP contribution in [0.5, 0.6) is 0 Å². The molecule has 4 aromatic rings. The maximum absolute atomic E-state index is 12.7. The predicted molar refractivity (Wildman–Crippen MR) is 265 cm³/mol. The Kier molecular flexibility index (Phi) is 16.5. The normalized spacial score (nSPS) is 19.5. The minimum atomic E-state index is -5.09. The number of methoxy groups -OCH3 is 2. The Bertz CT molecular complexity index is 3550. The number of nitrogens with zero attached hydrogens (tertiary/aromatic N) is 2. The van der Waals surface area contributed by atoms with Gasteiger partial charge in [-0.05, 0) is 98.3 Å². The van der Waals surface area contributed by atoms with E-state index in [-0.39, 0.29) is 67.0 Å². The number of benzene rings is 4. The van der Waals surface area contributed by atoms with Gasteiger partial charge in [0.15, 0.2) is 5.71 Å². The molecule has 0 saturated heterocycles. The molecule has 0 bridgehead atoms. The van der Waals surface area contributed by atoms with Gasteiger partial charge in [0.05, 0.1) is 21.0 Å². The summed E-state index contributed by atoms with van der Waals surface area (Å²) in [4.78, 5) is 10.1. The summed E-state index contributed by atoms with van der Waals surface area (Å²) in [5, 5.41) is 9.27. The van der Waals surface area contributed by atoms with E-state index in [9.17, 15) is 74.8 Å². The number of hydrogen-bond acceptors (Lipinski definition) is 14. The van der Waals surface area contributed by atoms with Crippen molar-refractivity contribution in [3.63, 3.8) is 0 Å². The molecule has 2 aliphatic rings. The Labute approximate surface area is 417 Å². The zero-order chi connectivity index (χ0) is 53.4. The second-order valence-corrected chi connectivity index (χ2v) is 25.0. The van der Waals surface area contributed by atoms with Crippen LogP contribution in [-0.2, 0) is 75.7 Å². The molecule has 0 fully saturated rings. The molecule has 2 heterocycles. The molecule has 6 N–H and O–H groups in total. The zero-order valence-corrected chi connectivity index (χ0v) is 43.5. The fourth-order valence-electron chi connectivity index (χ4n) is 9.81. The van der Waals surface area contributed by atoms with E-state index in [1.54, 1.807) is 47.9 Å². The van der Waals surface area contributed by atoms with E-state index in [2.05, 4.69) is 0 Å². The molecular weight excluding hydrogens is 1040 g/mol. The summed E-state index contributed by atoms with van der Waals surface area (Å²) >= 11 is 0. The van der Waals surface area contributed by atoms with Gasteiger partial charge in [-0.2, -0.15) is 46.7 Å². The Balaban J connectivity index is 1.56. The second-order valence-electron chi connectivity index (χ2n) is 17.8. The van der Waals surface area contributed by atoms with Crippen LogP contribution in [0.25, 0.3) is 21.5 Å². The van der Waals surface area contributed by atoms with Crippen LogP contribution >= 0.6 is 0 Å². The van der Waals surface area contributed by atoms with Crippen molar-refractivity contribution in [2.45, 2.75) is 89.2 Å². The van der Waals surface area contributed by atoms with Crippen molar-refractivity contribution >= 4 is 95.2 Å². The van der Waals surface area contributed by atoms with Crippen LogP contribution in [0.3, 0.4) is 0 Å². The topological polar surface area (TPSA) is 334 Å². The van der Waals surface area contributed by atoms with Crippen molar-refractivity contribution < 1.29 is 88.8 Å². The van der Waals surface area contributed by atoms with Gasteiger partial charge in [0.2, 0.25) is 5.69 Å². The van der Waals surface area contributed by atoms with Gasteiger partial charge in [-0.1, -0.05) is 30.7 Å². The van der Waals surface area contributed by atoms with Crippen LogP contribution in [0.15, 0.2) is 104 Å². The van der Waals surface area contributed by atoms with E-state index in [1.165, 1.54) is 32.4 Å². The van der Waals surface area contributed by atoms with E-state index >= 15 is 0 Å². The highest BCUT2D eigenvalue weighted by Gasteiger charge is 2.49.